The van der Waals surface area contributed by atoms with Crippen molar-refractivity contribution in [3.8, 4) is 0 Å². The predicted molar refractivity (Wildman–Crippen MR) is 58.8 cm³/mol. The summed E-state index contributed by atoms with van der Waals surface area (Å²) >= 11 is 0. The topological polar surface area (TPSA) is 26.3 Å². The van der Waals surface area contributed by atoms with E-state index in [2.05, 4.69) is 0 Å². The van der Waals surface area contributed by atoms with E-state index in [1.165, 1.54) is 0 Å². The third-order valence-electron chi connectivity index (χ3n) is 3.34. The summed E-state index contributed by atoms with van der Waals surface area (Å²) in [7, 11) is 0. The van der Waals surface area contributed by atoms with Gasteiger partial charge in [-0.15, -0.1) is 0 Å². The highest BCUT2D eigenvalue weighted by molar-refractivity contribution is 5.97. The summed E-state index contributed by atoms with van der Waals surface area (Å²) in [6.07, 6.45) is 0.608. The van der Waals surface area contributed by atoms with Crippen LogP contribution in [-0.4, -0.2) is 18.5 Å². The zero-order chi connectivity index (χ0) is 10.9. The maximum atomic E-state index is 11.8. The Balaban J connectivity index is 2.28. The molecule has 0 N–H and O–H groups in total. The van der Waals surface area contributed by atoms with Crippen molar-refractivity contribution in [2.24, 2.45) is 0 Å². The van der Waals surface area contributed by atoms with Crippen LogP contribution in [0.5, 0.6) is 0 Å². The molecule has 80 valence electrons. The molecule has 1 aliphatic rings. The molecule has 2 rings (SSSR count). The van der Waals surface area contributed by atoms with Crippen molar-refractivity contribution < 1.29 is 9.53 Å². The molecule has 1 aromatic carbocycles. The monoisotopic (exact) mass is 204 g/mol. The van der Waals surface area contributed by atoms with Crippen molar-refractivity contribution in [1.82, 2.24) is 0 Å². The van der Waals surface area contributed by atoms with Gasteiger partial charge in [0.15, 0.2) is 0 Å². The quantitative estimate of drug-likeness (QED) is 0.755. The molecule has 0 aliphatic heterocycles. The minimum atomic E-state index is -0.419. The zero-order valence-corrected chi connectivity index (χ0v) is 9.19. The first-order chi connectivity index (χ1) is 7.19. The van der Waals surface area contributed by atoms with Crippen LogP contribution in [0.4, 0.5) is 0 Å². The van der Waals surface area contributed by atoms with Gasteiger partial charge in [0.2, 0.25) is 0 Å². The van der Waals surface area contributed by atoms with E-state index >= 15 is 0 Å². The summed E-state index contributed by atoms with van der Waals surface area (Å²) in [5.41, 5.74) is 0.650. The van der Waals surface area contributed by atoms with Gasteiger partial charge in [-0.2, -0.15) is 0 Å². The number of carbonyl (C=O) groups excluding carboxylic acids is 1. The first kappa shape index (κ1) is 10.4. The van der Waals surface area contributed by atoms with Gasteiger partial charge >= 0.3 is 0 Å². The van der Waals surface area contributed by atoms with Gasteiger partial charge in [-0.05, 0) is 19.4 Å². The van der Waals surface area contributed by atoms with Crippen LogP contribution in [0.3, 0.4) is 0 Å². The SMILES string of the molecule is CCO[C@@H]1CC(=O)[C@]1(C)c1ccccc1. The van der Waals surface area contributed by atoms with Gasteiger partial charge < -0.3 is 4.74 Å². The molecule has 0 saturated heterocycles. The Morgan fingerprint density at radius 3 is 2.60 bits per heavy atom. The Bertz CT molecular complexity index is 358. The molecule has 0 amide bonds. The number of rotatable bonds is 3. The average molecular weight is 204 g/mol. The van der Waals surface area contributed by atoms with E-state index in [-0.39, 0.29) is 11.9 Å². The van der Waals surface area contributed by atoms with Crippen LogP contribution in [0.1, 0.15) is 25.8 Å². The van der Waals surface area contributed by atoms with E-state index in [1.807, 2.05) is 44.2 Å². The maximum absolute atomic E-state index is 11.8. The van der Waals surface area contributed by atoms with E-state index in [0.717, 1.165) is 5.56 Å². The van der Waals surface area contributed by atoms with Crippen LogP contribution in [0, 0.1) is 0 Å². The van der Waals surface area contributed by atoms with Crippen LogP contribution < -0.4 is 0 Å². The summed E-state index contributed by atoms with van der Waals surface area (Å²) in [4.78, 5) is 11.8. The molecule has 1 saturated carbocycles. The fourth-order valence-corrected chi connectivity index (χ4v) is 2.19. The molecule has 0 heterocycles. The lowest BCUT2D eigenvalue weighted by atomic mass is 9.62. The van der Waals surface area contributed by atoms with E-state index in [4.69, 9.17) is 4.74 Å². The fourth-order valence-electron chi connectivity index (χ4n) is 2.19. The summed E-state index contributed by atoms with van der Waals surface area (Å²) in [6.45, 7) is 4.61. The second kappa shape index (κ2) is 3.78. The number of Topliss-reactive ketones (excluding diaryl/α,β-unsaturated/α-hetero) is 1. The van der Waals surface area contributed by atoms with Crippen molar-refractivity contribution in [2.75, 3.05) is 6.61 Å². The smallest absolute Gasteiger partial charge is 0.148 e. The van der Waals surface area contributed by atoms with E-state index in [9.17, 15) is 4.79 Å². The first-order valence-electron chi connectivity index (χ1n) is 5.40. The number of benzene rings is 1. The normalized spacial score (nSPS) is 30.0. The molecule has 0 unspecified atom stereocenters. The summed E-state index contributed by atoms with van der Waals surface area (Å²) < 4.78 is 5.60. The van der Waals surface area contributed by atoms with Crippen LogP contribution in [0.15, 0.2) is 30.3 Å². The molecule has 0 radical (unpaired) electrons. The van der Waals surface area contributed by atoms with Gasteiger partial charge in [-0.25, -0.2) is 0 Å². The van der Waals surface area contributed by atoms with Crippen LogP contribution in [0.2, 0.25) is 0 Å². The van der Waals surface area contributed by atoms with Gasteiger partial charge in [0, 0.05) is 13.0 Å². The third-order valence-corrected chi connectivity index (χ3v) is 3.34. The molecule has 1 fully saturated rings. The average Bonchev–Trinajstić information content (AvgIpc) is 2.29. The van der Waals surface area contributed by atoms with Gasteiger partial charge in [-0.3, -0.25) is 4.79 Å². The van der Waals surface area contributed by atoms with Crippen molar-refractivity contribution >= 4 is 5.78 Å². The first-order valence-corrected chi connectivity index (χ1v) is 5.40. The van der Waals surface area contributed by atoms with Gasteiger partial charge in [0.05, 0.1) is 11.5 Å². The molecular weight excluding hydrogens is 188 g/mol. The van der Waals surface area contributed by atoms with E-state index in [0.29, 0.717) is 13.0 Å². The highest BCUT2D eigenvalue weighted by atomic mass is 16.5. The Morgan fingerprint density at radius 1 is 1.40 bits per heavy atom. The lowest BCUT2D eigenvalue weighted by Crippen LogP contribution is -2.56. The number of hydrogen-bond donors (Lipinski definition) is 0. The van der Waals surface area contributed by atoms with Crippen molar-refractivity contribution in [3.05, 3.63) is 35.9 Å². The summed E-state index contributed by atoms with van der Waals surface area (Å²) in [5, 5.41) is 0. The highest BCUT2D eigenvalue weighted by Gasteiger charge is 2.52. The fraction of sp³-hybridized carbons (Fsp3) is 0.462. The summed E-state index contributed by atoms with van der Waals surface area (Å²) in [5.74, 6) is 0.284. The predicted octanol–water partition coefficient (Wildman–Crippen LogP) is 2.32. The molecular formula is C13H16O2. The Hall–Kier alpha value is -1.15. The van der Waals surface area contributed by atoms with Gasteiger partial charge in [0.1, 0.15) is 5.78 Å². The largest absolute Gasteiger partial charge is 0.377 e. The highest BCUT2D eigenvalue weighted by Crippen LogP contribution is 2.42. The minimum absolute atomic E-state index is 0.0531. The van der Waals surface area contributed by atoms with Crippen molar-refractivity contribution in [3.63, 3.8) is 0 Å². The second-order valence-electron chi connectivity index (χ2n) is 4.14. The minimum Gasteiger partial charge on any atom is -0.377 e. The van der Waals surface area contributed by atoms with Crippen molar-refractivity contribution in [1.29, 1.82) is 0 Å². The van der Waals surface area contributed by atoms with Gasteiger partial charge in [-0.1, -0.05) is 30.3 Å². The maximum Gasteiger partial charge on any atom is 0.148 e. The Kier molecular flexibility index (Phi) is 2.61. The Morgan fingerprint density at radius 2 is 2.07 bits per heavy atom. The van der Waals surface area contributed by atoms with E-state index < -0.39 is 5.41 Å². The molecule has 1 aromatic rings. The number of ketones is 1. The molecule has 2 heteroatoms. The van der Waals surface area contributed by atoms with Crippen LogP contribution >= 0.6 is 0 Å². The van der Waals surface area contributed by atoms with Crippen LogP contribution in [-0.2, 0) is 14.9 Å². The standard InChI is InChI=1S/C13H16O2/c1-3-15-12-9-11(14)13(12,2)10-7-5-4-6-8-10/h4-8,12H,3,9H2,1-2H3/t12-,13+/m1/s1. The zero-order valence-electron chi connectivity index (χ0n) is 9.19. The van der Waals surface area contributed by atoms with E-state index in [1.54, 1.807) is 0 Å². The molecule has 0 bridgehead atoms. The molecule has 0 aromatic heterocycles. The molecule has 15 heavy (non-hydrogen) atoms. The Labute approximate surface area is 90.3 Å². The number of ether oxygens (including phenoxy) is 1. The third kappa shape index (κ3) is 1.49. The second-order valence-corrected chi connectivity index (χ2v) is 4.14. The summed E-state index contributed by atoms with van der Waals surface area (Å²) in [6, 6.07) is 9.90. The van der Waals surface area contributed by atoms with Crippen LogP contribution in [0.25, 0.3) is 0 Å². The van der Waals surface area contributed by atoms with Crippen molar-refractivity contribution in [2.45, 2.75) is 31.8 Å². The molecule has 0 spiro atoms. The number of hydrogen-bond acceptors (Lipinski definition) is 2. The molecule has 2 atom stereocenters. The molecule has 1 aliphatic carbocycles. The van der Waals surface area contributed by atoms with Gasteiger partial charge in [0.25, 0.3) is 0 Å². The number of carbonyl (C=O) groups is 1. The lowest BCUT2D eigenvalue weighted by Gasteiger charge is -2.45. The molecule has 2 nitrogen and oxygen atoms in total. The lowest BCUT2D eigenvalue weighted by molar-refractivity contribution is -0.148.